The molecule has 1 aliphatic rings. The zero-order chi connectivity index (χ0) is 13.7. The average molecular weight is 327 g/mol. The standard InChI is InChI=1S/C15H23BrN2O/c16-14-6-2-1-5-13(14)15(17)7-9-18-8-3-4-12(10-18)11-19/h1-2,5-6,12,15,19H,3-4,7-11,17H2. The number of hydrogen-bond acceptors (Lipinski definition) is 3. The molecule has 0 spiro atoms. The first-order valence-electron chi connectivity index (χ1n) is 7.04. The molecule has 0 saturated carbocycles. The van der Waals surface area contributed by atoms with E-state index < -0.39 is 0 Å². The number of aliphatic hydroxyl groups excluding tert-OH is 1. The molecule has 3 nitrogen and oxygen atoms in total. The van der Waals surface area contributed by atoms with Crippen molar-refractivity contribution in [2.24, 2.45) is 11.7 Å². The molecular formula is C15H23BrN2O. The smallest absolute Gasteiger partial charge is 0.0471 e. The van der Waals surface area contributed by atoms with Gasteiger partial charge in [0.1, 0.15) is 0 Å². The van der Waals surface area contributed by atoms with Crippen molar-refractivity contribution in [3.8, 4) is 0 Å². The van der Waals surface area contributed by atoms with Crippen LogP contribution >= 0.6 is 15.9 Å². The van der Waals surface area contributed by atoms with Crippen LogP contribution in [0.5, 0.6) is 0 Å². The van der Waals surface area contributed by atoms with E-state index in [0.29, 0.717) is 12.5 Å². The van der Waals surface area contributed by atoms with Gasteiger partial charge in [0.25, 0.3) is 0 Å². The van der Waals surface area contributed by atoms with Gasteiger partial charge in [0.15, 0.2) is 0 Å². The minimum atomic E-state index is 0.0741. The summed E-state index contributed by atoms with van der Waals surface area (Å²) in [5, 5.41) is 9.24. The quantitative estimate of drug-likeness (QED) is 0.874. The van der Waals surface area contributed by atoms with Crippen molar-refractivity contribution in [2.75, 3.05) is 26.2 Å². The Balaban J connectivity index is 1.83. The highest BCUT2D eigenvalue weighted by Crippen LogP contribution is 2.24. The fraction of sp³-hybridized carbons (Fsp3) is 0.600. The molecule has 2 atom stereocenters. The van der Waals surface area contributed by atoms with Gasteiger partial charge in [-0.25, -0.2) is 0 Å². The van der Waals surface area contributed by atoms with Gasteiger partial charge >= 0.3 is 0 Å². The van der Waals surface area contributed by atoms with E-state index in [-0.39, 0.29) is 6.04 Å². The Morgan fingerprint density at radius 1 is 1.42 bits per heavy atom. The summed E-state index contributed by atoms with van der Waals surface area (Å²) in [6.45, 7) is 3.48. The molecule has 2 unspecified atom stereocenters. The van der Waals surface area contributed by atoms with Crippen LogP contribution in [0.2, 0.25) is 0 Å². The van der Waals surface area contributed by atoms with Gasteiger partial charge in [-0.05, 0) is 49.9 Å². The maximum Gasteiger partial charge on any atom is 0.0471 e. The fourth-order valence-corrected chi connectivity index (χ4v) is 3.34. The van der Waals surface area contributed by atoms with Crippen LogP contribution in [0, 0.1) is 5.92 Å². The second-order valence-corrected chi connectivity index (χ2v) is 6.26. The number of likely N-dealkylation sites (tertiary alicyclic amines) is 1. The summed E-state index contributed by atoms with van der Waals surface area (Å²) >= 11 is 3.56. The Bertz CT molecular complexity index is 399. The van der Waals surface area contributed by atoms with Crippen LogP contribution in [0.1, 0.15) is 30.9 Å². The number of nitrogens with zero attached hydrogens (tertiary/aromatic N) is 1. The lowest BCUT2D eigenvalue weighted by molar-refractivity contribution is 0.118. The molecule has 2 rings (SSSR count). The third-order valence-electron chi connectivity index (χ3n) is 3.92. The van der Waals surface area contributed by atoms with Crippen LogP contribution in [0.3, 0.4) is 0 Å². The van der Waals surface area contributed by atoms with Gasteiger partial charge in [0.05, 0.1) is 0 Å². The van der Waals surface area contributed by atoms with Crippen molar-refractivity contribution < 1.29 is 5.11 Å². The number of hydrogen-bond donors (Lipinski definition) is 2. The van der Waals surface area contributed by atoms with E-state index >= 15 is 0 Å². The van der Waals surface area contributed by atoms with Crippen LogP contribution in [-0.2, 0) is 0 Å². The second kappa shape index (κ2) is 7.39. The molecule has 1 aromatic carbocycles. The Labute approximate surface area is 123 Å². The Morgan fingerprint density at radius 3 is 2.95 bits per heavy atom. The molecule has 1 saturated heterocycles. The molecule has 0 radical (unpaired) electrons. The molecule has 1 aliphatic heterocycles. The minimum Gasteiger partial charge on any atom is -0.396 e. The SMILES string of the molecule is NC(CCN1CCCC(CO)C1)c1ccccc1Br. The van der Waals surface area contributed by atoms with Crippen LogP contribution < -0.4 is 5.73 Å². The van der Waals surface area contributed by atoms with E-state index in [4.69, 9.17) is 5.73 Å². The van der Waals surface area contributed by atoms with Gasteiger partial charge in [-0.2, -0.15) is 0 Å². The summed E-state index contributed by atoms with van der Waals surface area (Å²) in [6.07, 6.45) is 3.31. The number of halogens is 1. The normalized spacial score (nSPS) is 22.4. The summed E-state index contributed by atoms with van der Waals surface area (Å²) in [6, 6.07) is 8.24. The molecule has 1 aromatic rings. The first-order chi connectivity index (χ1) is 9.20. The van der Waals surface area contributed by atoms with Crippen molar-refractivity contribution in [2.45, 2.75) is 25.3 Å². The lowest BCUT2D eigenvalue weighted by Gasteiger charge is -2.32. The van der Waals surface area contributed by atoms with E-state index in [9.17, 15) is 5.11 Å². The highest BCUT2D eigenvalue weighted by Gasteiger charge is 2.19. The fourth-order valence-electron chi connectivity index (χ4n) is 2.76. The second-order valence-electron chi connectivity index (χ2n) is 5.41. The minimum absolute atomic E-state index is 0.0741. The highest BCUT2D eigenvalue weighted by atomic mass is 79.9. The molecule has 106 valence electrons. The average Bonchev–Trinajstić information content (AvgIpc) is 2.45. The van der Waals surface area contributed by atoms with E-state index in [0.717, 1.165) is 36.9 Å². The summed E-state index contributed by atoms with van der Waals surface area (Å²) < 4.78 is 1.09. The summed E-state index contributed by atoms with van der Waals surface area (Å²) in [7, 11) is 0. The van der Waals surface area contributed by atoms with Gasteiger partial charge in [-0.15, -0.1) is 0 Å². The van der Waals surface area contributed by atoms with E-state index in [1.807, 2.05) is 18.2 Å². The number of benzene rings is 1. The number of piperidine rings is 1. The van der Waals surface area contributed by atoms with Crippen molar-refractivity contribution in [1.29, 1.82) is 0 Å². The molecule has 0 bridgehead atoms. The third kappa shape index (κ3) is 4.28. The van der Waals surface area contributed by atoms with Gasteiger partial charge < -0.3 is 15.7 Å². The zero-order valence-electron chi connectivity index (χ0n) is 11.3. The Hall–Kier alpha value is -0.420. The van der Waals surface area contributed by atoms with E-state index in [1.165, 1.54) is 12.0 Å². The molecule has 4 heteroatoms. The van der Waals surface area contributed by atoms with Gasteiger partial charge in [0.2, 0.25) is 0 Å². The maximum atomic E-state index is 9.24. The number of nitrogens with two attached hydrogens (primary N) is 1. The monoisotopic (exact) mass is 326 g/mol. The predicted octanol–water partition coefficient (Wildman–Crippen LogP) is 2.54. The molecule has 0 aliphatic carbocycles. The molecule has 0 amide bonds. The third-order valence-corrected chi connectivity index (χ3v) is 4.64. The van der Waals surface area contributed by atoms with Crippen molar-refractivity contribution in [3.05, 3.63) is 34.3 Å². The van der Waals surface area contributed by atoms with Gasteiger partial charge in [-0.1, -0.05) is 34.1 Å². The lowest BCUT2D eigenvalue weighted by atomic mass is 9.98. The van der Waals surface area contributed by atoms with Crippen molar-refractivity contribution in [3.63, 3.8) is 0 Å². The van der Waals surface area contributed by atoms with Crippen molar-refractivity contribution >= 4 is 15.9 Å². The molecule has 3 N–H and O–H groups in total. The molecular weight excluding hydrogens is 304 g/mol. The Kier molecular flexibility index (Phi) is 5.82. The molecule has 0 aromatic heterocycles. The summed E-state index contributed by atoms with van der Waals surface area (Å²) in [4.78, 5) is 2.43. The summed E-state index contributed by atoms with van der Waals surface area (Å²) in [5.41, 5.74) is 7.45. The van der Waals surface area contributed by atoms with Gasteiger partial charge in [-0.3, -0.25) is 0 Å². The zero-order valence-corrected chi connectivity index (χ0v) is 12.8. The molecule has 19 heavy (non-hydrogen) atoms. The lowest BCUT2D eigenvalue weighted by Crippen LogP contribution is -2.38. The van der Waals surface area contributed by atoms with Gasteiger partial charge in [0, 0.05) is 23.7 Å². The van der Waals surface area contributed by atoms with Crippen LogP contribution in [0.4, 0.5) is 0 Å². The Morgan fingerprint density at radius 2 is 2.21 bits per heavy atom. The number of aliphatic hydroxyl groups is 1. The van der Waals surface area contributed by atoms with Crippen molar-refractivity contribution in [1.82, 2.24) is 4.90 Å². The van der Waals surface area contributed by atoms with Crippen LogP contribution in [0.25, 0.3) is 0 Å². The predicted molar refractivity (Wildman–Crippen MR) is 81.9 cm³/mol. The van der Waals surface area contributed by atoms with Crippen LogP contribution in [-0.4, -0.2) is 36.2 Å². The first kappa shape index (κ1) is 15.0. The largest absolute Gasteiger partial charge is 0.396 e. The highest BCUT2D eigenvalue weighted by molar-refractivity contribution is 9.10. The topological polar surface area (TPSA) is 49.5 Å². The maximum absolute atomic E-state index is 9.24. The number of rotatable bonds is 5. The van der Waals surface area contributed by atoms with E-state index in [1.54, 1.807) is 0 Å². The summed E-state index contributed by atoms with van der Waals surface area (Å²) in [5.74, 6) is 0.452. The first-order valence-corrected chi connectivity index (χ1v) is 7.83. The molecule has 1 heterocycles. The molecule has 1 fully saturated rings. The van der Waals surface area contributed by atoms with E-state index in [2.05, 4.69) is 26.9 Å². The van der Waals surface area contributed by atoms with Crippen LogP contribution in [0.15, 0.2) is 28.7 Å².